The third-order valence-electron chi connectivity index (χ3n) is 6.51. The number of amides is 3. The molecule has 0 unspecified atom stereocenters. The van der Waals surface area contributed by atoms with Crippen molar-refractivity contribution in [3.8, 4) is 5.75 Å². The summed E-state index contributed by atoms with van der Waals surface area (Å²) in [4.78, 5) is 84.3. The summed E-state index contributed by atoms with van der Waals surface area (Å²) in [5.41, 5.74) is 0.471. The van der Waals surface area contributed by atoms with E-state index in [9.17, 15) is 59.3 Å². The Kier molecular flexibility index (Phi) is 12.8. The average Bonchev–Trinajstić information content (AvgIpc) is 2.97. The van der Waals surface area contributed by atoms with Gasteiger partial charge in [0, 0.05) is 50.7 Å². The van der Waals surface area contributed by atoms with Crippen LogP contribution >= 0.6 is 0 Å². The number of nitrogens with zero attached hydrogens (tertiary/aromatic N) is 2. The molecule has 0 aliphatic rings. The van der Waals surface area contributed by atoms with E-state index in [1.165, 1.54) is 18.2 Å². The maximum Gasteiger partial charge on any atom is 0.326 e. The van der Waals surface area contributed by atoms with E-state index in [1.807, 2.05) is 0 Å². The molecular weight excluding hydrogens is 598 g/mol. The molecule has 3 amide bonds. The van der Waals surface area contributed by atoms with Crippen LogP contribution in [0.5, 0.6) is 5.75 Å². The Labute approximate surface area is 256 Å². The topological polar surface area (TPSA) is 266 Å². The zero-order valence-electron chi connectivity index (χ0n) is 24.3. The molecule has 7 N–H and O–H groups in total. The number of carbonyl (C=O) groups excluding carboxylic acids is 3. The fourth-order valence-corrected chi connectivity index (χ4v) is 4.03. The van der Waals surface area contributed by atoms with E-state index in [-0.39, 0.29) is 24.0 Å². The lowest BCUT2D eigenvalue weighted by Gasteiger charge is -2.18. The van der Waals surface area contributed by atoms with Crippen LogP contribution in [-0.4, -0.2) is 93.2 Å². The van der Waals surface area contributed by atoms with Gasteiger partial charge in [-0.2, -0.15) is 0 Å². The van der Waals surface area contributed by atoms with Crippen molar-refractivity contribution in [1.29, 1.82) is 0 Å². The summed E-state index contributed by atoms with van der Waals surface area (Å²) in [6, 6.07) is 4.93. The lowest BCUT2D eigenvalue weighted by atomic mass is 10.0. The summed E-state index contributed by atoms with van der Waals surface area (Å²) in [6.45, 7) is 0. The highest BCUT2D eigenvalue weighted by atomic mass is 16.6. The summed E-state index contributed by atoms with van der Waals surface area (Å²) in [7, 11) is 3.61. The quantitative estimate of drug-likeness (QED) is 0.0927. The molecule has 0 saturated heterocycles. The highest BCUT2D eigenvalue weighted by Crippen LogP contribution is 2.26. The number of nitro groups is 1. The molecule has 242 valence electrons. The second-order valence-corrected chi connectivity index (χ2v) is 10.1. The molecule has 2 rings (SSSR count). The largest absolute Gasteiger partial charge is 0.502 e. The highest BCUT2D eigenvalue weighted by Gasteiger charge is 2.27. The van der Waals surface area contributed by atoms with Crippen molar-refractivity contribution in [1.82, 2.24) is 16.0 Å². The molecule has 0 aliphatic heterocycles. The smallest absolute Gasteiger partial charge is 0.326 e. The number of hydrogen-bond donors (Lipinski definition) is 7. The number of carbonyl (C=O) groups is 6. The zero-order chi connectivity index (χ0) is 33.8. The predicted molar refractivity (Wildman–Crippen MR) is 156 cm³/mol. The third kappa shape index (κ3) is 11.1. The molecule has 17 heteroatoms. The van der Waals surface area contributed by atoms with Gasteiger partial charge in [-0.05, 0) is 48.7 Å². The van der Waals surface area contributed by atoms with E-state index < -0.39 is 89.4 Å². The lowest BCUT2D eigenvalue weighted by Crippen LogP contribution is -2.45. The van der Waals surface area contributed by atoms with Crippen LogP contribution < -0.4 is 20.9 Å². The molecule has 0 bridgehead atoms. The van der Waals surface area contributed by atoms with Crippen molar-refractivity contribution in [2.45, 2.75) is 50.2 Å². The minimum absolute atomic E-state index is 0.126. The number of aliphatic carboxylic acids is 3. The van der Waals surface area contributed by atoms with E-state index in [4.69, 9.17) is 0 Å². The van der Waals surface area contributed by atoms with Gasteiger partial charge in [0.05, 0.1) is 4.92 Å². The van der Waals surface area contributed by atoms with Gasteiger partial charge < -0.3 is 41.3 Å². The maximum absolute atomic E-state index is 12.5. The normalized spacial score (nSPS) is 12.6. The predicted octanol–water partition coefficient (Wildman–Crippen LogP) is 0.491. The Morgan fingerprint density at radius 3 is 1.73 bits per heavy atom. The molecule has 0 aliphatic carbocycles. The molecule has 0 fully saturated rings. The fourth-order valence-electron chi connectivity index (χ4n) is 4.03. The number of nitrogens with one attached hydrogen (secondary N) is 3. The number of hydrogen-bond acceptors (Lipinski definition) is 10. The molecule has 3 atom stereocenters. The Morgan fingerprint density at radius 1 is 0.778 bits per heavy atom. The summed E-state index contributed by atoms with van der Waals surface area (Å²) >= 11 is 0. The van der Waals surface area contributed by atoms with E-state index in [0.717, 1.165) is 17.8 Å². The van der Waals surface area contributed by atoms with Crippen LogP contribution in [0.15, 0.2) is 42.5 Å². The highest BCUT2D eigenvalue weighted by molar-refractivity contribution is 5.97. The number of benzene rings is 2. The standard InChI is InChI=1S/C28H33N5O12/c1-32(2)17-6-4-16(5-7-17)25(37)31-19(27(40)41)9-12-23(35)29-18(26(38)39)8-11-24(36)30-20(28(42)43)13-15-3-10-22(34)21(14-15)33(44)45/h3-7,10,14,18-20,34H,8-9,11-13H2,1-2H3,(H,29,35)(H,30,36)(H,31,37)(H,38,39)(H,40,41)(H,42,43)/t18-,19-,20-/m0/s1. The summed E-state index contributed by atoms with van der Waals surface area (Å²) < 4.78 is 0. The van der Waals surface area contributed by atoms with Gasteiger partial charge >= 0.3 is 23.6 Å². The first-order valence-electron chi connectivity index (χ1n) is 13.4. The van der Waals surface area contributed by atoms with Gasteiger partial charge in [0.25, 0.3) is 5.91 Å². The number of nitro benzene ring substituents is 1. The van der Waals surface area contributed by atoms with Gasteiger partial charge in [-0.1, -0.05) is 6.07 Å². The monoisotopic (exact) mass is 631 g/mol. The maximum atomic E-state index is 12.5. The van der Waals surface area contributed by atoms with Crippen LogP contribution in [0.4, 0.5) is 11.4 Å². The molecule has 2 aromatic carbocycles. The molecule has 2 aromatic rings. The number of aromatic hydroxyl groups is 1. The number of rotatable bonds is 17. The number of carboxylic acids is 3. The number of anilines is 1. The van der Waals surface area contributed by atoms with E-state index in [1.54, 1.807) is 31.1 Å². The number of carboxylic acid groups (broad SMARTS) is 3. The van der Waals surface area contributed by atoms with Gasteiger partial charge in [-0.25, -0.2) is 14.4 Å². The Hall–Kier alpha value is -5.74. The SMILES string of the molecule is CN(C)c1ccc(C(=O)N[C@@H](CCC(=O)N[C@@H](CCC(=O)N[C@@H](Cc2ccc(O)c([N+](=O)[O-])c2)C(=O)O)C(=O)O)C(=O)O)cc1. The summed E-state index contributed by atoms with van der Waals surface area (Å²) in [5.74, 6) is -7.47. The van der Waals surface area contributed by atoms with Crippen LogP contribution in [0.3, 0.4) is 0 Å². The van der Waals surface area contributed by atoms with Gasteiger partial charge in [-0.3, -0.25) is 24.5 Å². The minimum Gasteiger partial charge on any atom is -0.502 e. The van der Waals surface area contributed by atoms with Crippen molar-refractivity contribution in [3.05, 3.63) is 63.7 Å². The molecule has 45 heavy (non-hydrogen) atoms. The minimum atomic E-state index is -1.58. The van der Waals surface area contributed by atoms with E-state index in [2.05, 4.69) is 16.0 Å². The van der Waals surface area contributed by atoms with Gasteiger partial charge in [0.15, 0.2) is 5.75 Å². The van der Waals surface area contributed by atoms with Crippen molar-refractivity contribution in [3.63, 3.8) is 0 Å². The molecule has 0 saturated carbocycles. The first-order valence-corrected chi connectivity index (χ1v) is 13.4. The third-order valence-corrected chi connectivity index (χ3v) is 6.51. The zero-order valence-corrected chi connectivity index (χ0v) is 24.3. The van der Waals surface area contributed by atoms with Gasteiger partial charge in [0.2, 0.25) is 11.8 Å². The first kappa shape index (κ1) is 35.5. The fraction of sp³-hybridized carbons (Fsp3) is 0.357. The molecule has 0 spiro atoms. The molecule has 0 heterocycles. The Balaban J connectivity index is 1.92. The first-order chi connectivity index (χ1) is 21.1. The molecule has 0 radical (unpaired) electrons. The molecule has 17 nitrogen and oxygen atoms in total. The van der Waals surface area contributed by atoms with Gasteiger partial charge in [0.1, 0.15) is 18.1 Å². The van der Waals surface area contributed by atoms with Gasteiger partial charge in [-0.15, -0.1) is 0 Å². The number of phenolic OH excluding ortho intramolecular Hbond substituents is 1. The number of phenols is 1. The second kappa shape index (κ2) is 16.2. The lowest BCUT2D eigenvalue weighted by molar-refractivity contribution is -0.385. The summed E-state index contributed by atoms with van der Waals surface area (Å²) in [5, 5.41) is 55.7. The average molecular weight is 632 g/mol. The van der Waals surface area contributed by atoms with Crippen LogP contribution in [0, 0.1) is 10.1 Å². The van der Waals surface area contributed by atoms with Crippen molar-refractivity contribution >= 4 is 47.0 Å². The molecule has 0 aromatic heterocycles. The second-order valence-electron chi connectivity index (χ2n) is 10.1. The van der Waals surface area contributed by atoms with Crippen LogP contribution in [0.25, 0.3) is 0 Å². The van der Waals surface area contributed by atoms with Crippen molar-refractivity contribution < 1.29 is 54.1 Å². The van der Waals surface area contributed by atoms with Crippen molar-refractivity contribution in [2.24, 2.45) is 0 Å². The Bertz CT molecular complexity index is 1440. The van der Waals surface area contributed by atoms with Crippen LogP contribution in [0.2, 0.25) is 0 Å². The Morgan fingerprint density at radius 2 is 1.27 bits per heavy atom. The van der Waals surface area contributed by atoms with Crippen LogP contribution in [0.1, 0.15) is 41.6 Å². The summed E-state index contributed by atoms with van der Waals surface area (Å²) in [6.07, 6.45) is -2.22. The van der Waals surface area contributed by atoms with Crippen molar-refractivity contribution in [2.75, 3.05) is 19.0 Å². The molecular formula is C28H33N5O12. The van der Waals surface area contributed by atoms with E-state index in [0.29, 0.717) is 0 Å². The van der Waals surface area contributed by atoms with E-state index >= 15 is 0 Å². The van der Waals surface area contributed by atoms with Crippen LogP contribution in [-0.2, 0) is 30.4 Å².